The average Bonchev–Trinajstić information content (AvgIpc) is 2.11. The predicted octanol–water partition coefficient (Wildman–Crippen LogP) is -0.688. The lowest BCUT2D eigenvalue weighted by atomic mass is 10.1. The van der Waals surface area contributed by atoms with Gasteiger partial charge in [0.1, 0.15) is 6.04 Å². The number of aliphatic hydroxyl groups excluding tert-OH is 2. The van der Waals surface area contributed by atoms with Crippen LogP contribution in [0.5, 0.6) is 0 Å². The molecule has 2 atom stereocenters. The van der Waals surface area contributed by atoms with Crippen molar-refractivity contribution in [3.8, 4) is 0 Å². The second-order valence-electron chi connectivity index (χ2n) is 3.07. The van der Waals surface area contributed by atoms with Gasteiger partial charge < -0.3 is 21.1 Å². The average molecular weight is 191 g/mol. The molecule has 5 N–H and O–H groups in total. The molecule has 0 amide bonds. The molecule has 13 heavy (non-hydrogen) atoms. The van der Waals surface area contributed by atoms with Crippen LogP contribution < -0.4 is 5.73 Å². The molecule has 0 radical (unpaired) electrons. The molecule has 0 aliphatic rings. The van der Waals surface area contributed by atoms with Gasteiger partial charge in [-0.3, -0.25) is 4.79 Å². The zero-order valence-electron chi connectivity index (χ0n) is 7.52. The number of carbonyl (C=O) groups is 1. The van der Waals surface area contributed by atoms with Crippen molar-refractivity contribution in [3.63, 3.8) is 0 Å². The van der Waals surface area contributed by atoms with Crippen molar-refractivity contribution in [2.75, 3.05) is 6.61 Å². The fraction of sp³-hybridized carbons (Fsp3) is 0.875. The summed E-state index contributed by atoms with van der Waals surface area (Å²) >= 11 is 0. The van der Waals surface area contributed by atoms with Crippen molar-refractivity contribution in [1.82, 2.24) is 0 Å². The van der Waals surface area contributed by atoms with E-state index < -0.39 is 18.1 Å². The Balaban J connectivity index is 3.30. The largest absolute Gasteiger partial charge is 0.480 e. The molecule has 0 heterocycles. The van der Waals surface area contributed by atoms with Crippen LogP contribution in [0.15, 0.2) is 0 Å². The fourth-order valence-corrected chi connectivity index (χ4v) is 0.959. The van der Waals surface area contributed by atoms with Gasteiger partial charge in [-0.15, -0.1) is 0 Å². The van der Waals surface area contributed by atoms with Crippen LogP contribution in [0, 0.1) is 0 Å². The minimum atomic E-state index is -0.997. The molecular formula is C8H17NO4. The van der Waals surface area contributed by atoms with Gasteiger partial charge in [0.05, 0.1) is 12.7 Å². The summed E-state index contributed by atoms with van der Waals surface area (Å²) in [5, 5.41) is 25.8. The number of carboxylic acids is 1. The first-order chi connectivity index (χ1) is 6.07. The predicted molar refractivity (Wildman–Crippen MR) is 47.2 cm³/mol. The fourth-order valence-electron chi connectivity index (χ4n) is 0.959. The van der Waals surface area contributed by atoms with Crippen LogP contribution >= 0.6 is 0 Å². The Hall–Kier alpha value is -0.650. The van der Waals surface area contributed by atoms with Crippen molar-refractivity contribution in [2.45, 2.75) is 37.8 Å². The molecule has 0 bridgehead atoms. The second kappa shape index (κ2) is 6.82. The summed E-state index contributed by atoms with van der Waals surface area (Å²) < 4.78 is 0. The lowest BCUT2D eigenvalue weighted by Crippen LogP contribution is -2.29. The molecule has 0 aromatic heterocycles. The second-order valence-corrected chi connectivity index (χ2v) is 3.07. The van der Waals surface area contributed by atoms with Gasteiger partial charge in [0.2, 0.25) is 0 Å². The highest BCUT2D eigenvalue weighted by molar-refractivity contribution is 5.72. The summed E-state index contributed by atoms with van der Waals surface area (Å²) in [6.07, 6.45) is 1.55. The van der Waals surface area contributed by atoms with Gasteiger partial charge in [0, 0.05) is 0 Å². The van der Waals surface area contributed by atoms with Crippen molar-refractivity contribution in [1.29, 1.82) is 0 Å². The van der Waals surface area contributed by atoms with Gasteiger partial charge in [-0.2, -0.15) is 0 Å². The normalized spacial score (nSPS) is 15.3. The molecule has 78 valence electrons. The number of nitrogens with two attached hydrogens (primary N) is 1. The van der Waals surface area contributed by atoms with Crippen LogP contribution in [0.1, 0.15) is 25.7 Å². The van der Waals surface area contributed by atoms with E-state index in [0.717, 1.165) is 0 Å². The first-order valence-electron chi connectivity index (χ1n) is 4.35. The number of aliphatic carboxylic acids is 1. The Kier molecular flexibility index (Phi) is 6.48. The maximum atomic E-state index is 10.3. The van der Waals surface area contributed by atoms with E-state index in [4.69, 9.17) is 21.1 Å². The Morgan fingerprint density at radius 2 is 1.85 bits per heavy atom. The van der Waals surface area contributed by atoms with Gasteiger partial charge in [0.25, 0.3) is 0 Å². The number of aliphatic hydroxyl groups is 2. The zero-order chi connectivity index (χ0) is 10.3. The molecule has 5 nitrogen and oxygen atoms in total. The molecule has 0 fully saturated rings. The third-order valence-corrected chi connectivity index (χ3v) is 1.83. The Bertz CT molecular complexity index is 151. The summed E-state index contributed by atoms with van der Waals surface area (Å²) in [5.74, 6) is -0.997. The van der Waals surface area contributed by atoms with Gasteiger partial charge in [0.15, 0.2) is 0 Å². The highest BCUT2D eigenvalue weighted by Gasteiger charge is 2.10. The molecule has 0 spiro atoms. The maximum absolute atomic E-state index is 10.3. The van der Waals surface area contributed by atoms with E-state index in [2.05, 4.69) is 0 Å². The molecule has 0 aliphatic carbocycles. The van der Waals surface area contributed by atoms with Gasteiger partial charge in [-0.05, 0) is 12.8 Å². The van der Waals surface area contributed by atoms with E-state index in [-0.39, 0.29) is 6.61 Å². The summed E-state index contributed by atoms with van der Waals surface area (Å²) in [4.78, 5) is 10.3. The number of hydrogen-bond acceptors (Lipinski definition) is 4. The molecule has 0 aliphatic heterocycles. The number of rotatable bonds is 7. The Morgan fingerprint density at radius 1 is 1.31 bits per heavy atom. The molecule has 0 rings (SSSR count). The third-order valence-electron chi connectivity index (χ3n) is 1.83. The third kappa shape index (κ3) is 6.51. The quantitative estimate of drug-likeness (QED) is 0.399. The Morgan fingerprint density at radius 3 is 2.31 bits per heavy atom. The van der Waals surface area contributed by atoms with Crippen molar-refractivity contribution in [2.24, 2.45) is 5.73 Å². The van der Waals surface area contributed by atoms with Crippen LogP contribution in [0.25, 0.3) is 0 Å². The van der Waals surface area contributed by atoms with Crippen LogP contribution in [-0.2, 0) is 4.79 Å². The monoisotopic (exact) mass is 191 g/mol. The minimum Gasteiger partial charge on any atom is -0.480 e. The summed E-state index contributed by atoms with van der Waals surface area (Å²) in [6.45, 7) is -0.245. The molecule has 0 aromatic carbocycles. The Labute approximate surface area is 77.2 Å². The smallest absolute Gasteiger partial charge is 0.320 e. The first-order valence-corrected chi connectivity index (χ1v) is 4.35. The van der Waals surface area contributed by atoms with E-state index in [0.29, 0.717) is 25.7 Å². The number of unbranched alkanes of at least 4 members (excludes halogenated alkanes) is 1. The first kappa shape index (κ1) is 12.3. The number of hydrogen-bond donors (Lipinski definition) is 4. The molecule has 1 unspecified atom stereocenters. The minimum absolute atomic E-state index is 0.245. The highest BCUT2D eigenvalue weighted by Crippen LogP contribution is 2.05. The van der Waals surface area contributed by atoms with Crippen LogP contribution in [0.3, 0.4) is 0 Å². The standard InChI is InChI=1S/C8H17NO4/c9-7(8(12)13)4-2-1-3-6(11)5-10/h6-7,10-11H,1-5,9H2,(H,12,13)/t6?,7-/m0/s1. The van der Waals surface area contributed by atoms with Gasteiger partial charge in [-0.1, -0.05) is 12.8 Å². The highest BCUT2D eigenvalue weighted by atomic mass is 16.4. The van der Waals surface area contributed by atoms with E-state index in [1.165, 1.54) is 0 Å². The summed E-state index contributed by atoms with van der Waals surface area (Å²) in [5.41, 5.74) is 5.25. The SMILES string of the molecule is N[C@@H](CCCCC(O)CO)C(=O)O. The molecule has 0 aromatic rings. The van der Waals surface area contributed by atoms with E-state index in [1.807, 2.05) is 0 Å². The summed E-state index contributed by atoms with van der Waals surface area (Å²) in [6, 6.07) is -0.814. The lowest BCUT2D eigenvalue weighted by Gasteiger charge is -2.08. The maximum Gasteiger partial charge on any atom is 0.320 e. The van der Waals surface area contributed by atoms with Crippen LogP contribution in [-0.4, -0.2) is 40.0 Å². The van der Waals surface area contributed by atoms with Crippen molar-refractivity contribution >= 4 is 5.97 Å². The van der Waals surface area contributed by atoms with E-state index in [1.54, 1.807) is 0 Å². The van der Waals surface area contributed by atoms with Crippen molar-refractivity contribution in [3.05, 3.63) is 0 Å². The molecular weight excluding hydrogens is 174 g/mol. The van der Waals surface area contributed by atoms with Crippen LogP contribution in [0.4, 0.5) is 0 Å². The van der Waals surface area contributed by atoms with E-state index in [9.17, 15) is 4.79 Å². The zero-order valence-corrected chi connectivity index (χ0v) is 7.52. The number of carboxylic acid groups (broad SMARTS) is 1. The topological polar surface area (TPSA) is 104 Å². The van der Waals surface area contributed by atoms with Crippen LogP contribution in [0.2, 0.25) is 0 Å². The molecule has 5 heteroatoms. The van der Waals surface area contributed by atoms with Gasteiger partial charge >= 0.3 is 5.97 Å². The van der Waals surface area contributed by atoms with Crippen molar-refractivity contribution < 1.29 is 20.1 Å². The molecule has 0 saturated carbocycles. The summed E-state index contributed by atoms with van der Waals surface area (Å²) in [7, 11) is 0. The van der Waals surface area contributed by atoms with Gasteiger partial charge in [-0.25, -0.2) is 0 Å². The lowest BCUT2D eigenvalue weighted by molar-refractivity contribution is -0.138. The van der Waals surface area contributed by atoms with E-state index >= 15 is 0 Å². The molecule has 0 saturated heterocycles.